The Hall–Kier alpha value is -1.91. The van der Waals surface area contributed by atoms with Crippen LogP contribution >= 0.6 is 0 Å². The molecule has 15 heavy (non-hydrogen) atoms. The number of nitrogens with zero attached hydrogens (tertiary/aromatic N) is 1. The van der Waals surface area contributed by atoms with Crippen molar-refractivity contribution in [3.8, 4) is 0 Å². The van der Waals surface area contributed by atoms with Crippen LogP contribution in [0.15, 0.2) is 29.3 Å². The fraction of sp³-hybridized carbons (Fsp3) is 0.200. The second-order valence-corrected chi connectivity index (χ2v) is 3.15. The molecule has 0 radical (unpaired) electrons. The van der Waals surface area contributed by atoms with Crippen molar-refractivity contribution in [3.63, 3.8) is 0 Å². The molecule has 0 saturated carbocycles. The zero-order valence-electron chi connectivity index (χ0n) is 7.63. The number of benzene rings is 1. The number of carboxylic acid groups (broad SMARTS) is 1. The Bertz CT molecular complexity index is 402. The van der Waals surface area contributed by atoms with Crippen LogP contribution in [0.3, 0.4) is 0 Å². The molecule has 0 aromatic heterocycles. The number of halogens is 1. The van der Waals surface area contributed by atoms with E-state index in [0.29, 0.717) is 5.56 Å². The molecule has 4 nitrogen and oxygen atoms in total. The van der Waals surface area contributed by atoms with Crippen LogP contribution in [0, 0.1) is 5.82 Å². The second kappa shape index (κ2) is 3.68. The monoisotopic (exact) mass is 209 g/mol. The third-order valence-corrected chi connectivity index (χ3v) is 2.17. The maximum Gasteiger partial charge on any atom is 0.332 e. The molecule has 0 unspecified atom stereocenters. The van der Waals surface area contributed by atoms with Crippen LogP contribution in [-0.4, -0.2) is 23.5 Å². The van der Waals surface area contributed by atoms with E-state index in [4.69, 9.17) is 9.84 Å². The lowest BCUT2D eigenvalue weighted by atomic mass is 10.0. The van der Waals surface area contributed by atoms with Crippen molar-refractivity contribution in [2.75, 3.05) is 0 Å². The van der Waals surface area contributed by atoms with Gasteiger partial charge in [-0.2, -0.15) is 0 Å². The molecule has 0 amide bonds. The Balaban J connectivity index is 2.24. The van der Waals surface area contributed by atoms with Crippen LogP contribution in [0.1, 0.15) is 11.7 Å². The number of carbonyl (C=O) groups is 1. The summed E-state index contributed by atoms with van der Waals surface area (Å²) in [6.07, 6.45) is 0.454. The van der Waals surface area contributed by atoms with E-state index in [9.17, 15) is 9.18 Å². The second-order valence-electron chi connectivity index (χ2n) is 3.15. The molecule has 1 aromatic rings. The van der Waals surface area contributed by atoms with Crippen molar-refractivity contribution in [3.05, 3.63) is 35.6 Å². The van der Waals surface area contributed by atoms with Gasteiger partial charge in [0.2, 0.25) is 0 Å². The maximum atomic E-state index is 12.6. The van der Waals surface area contributed by atoms with Crippen LogP contribution in [0.5, 0.6) is 0 Å². The molecule has 78 valence electrons. The SMILES string of the molecule is O=C(O)[C@H]1N=CO[C@@H]1c1ccc(F)cc1. The summed E-state index contributed by atoms with van der Waals surface area (Å²) in [4.78, 5) is 14.5. The van der Waals surface area contributed by atoms with Crippen LogP contribution in [-0.2, 0) is 9.53 Å². The van der Waals surface area contributed by atoms with E-state index < -0.39 is 18.1 Å². The molecule has 5 heteroatoms. The largest absolute Gasteiger partial charge is 0.480 e. The number of aliphatic imine (C=N–C) groups is 1. The van der Waals surface area contributed by atoms with Gasteiger partial charge < -0.3 is 9.84 Å². The highest BCUT2D eigenvalue weighted by atomic mass is 19.1. The van der Waals surface area contributed by atoms with E-state index in [1.807, 2.05) is 0 Å². The summed E-state index contributed by atoms with van der Waals surface area (Å²) in [6, 6.07) is 4.55. The fourth-order valence-corrected chi connectivity index (χ4v) is 1.43. The van der Waals surface area contributed by atoms with E-state index in [-0.39, 0.29) is 5.82 Å². The topological polar surface area (TPSA) is 58.9 Å². The molecule has 1 heterocycles. The lowest BCUT2D eigenvalue weighted by Gasteiger charge is -2.13. The molecule has 0 spiro atoms. The first-order chi connectivity index (χ1) is 7.18. The Kier molecular flexibility index (Phi) is 2.37. The number of hydrogen-bond donors (Lipinski definition) is 1. The molecule has 0 fully saturated rings. The minimum absolute atomic E-state index is 0.371. The standard InChI is InChI=1S/C10H8FNO3/c11-7-3-1-6(2-4-7)9-8(10(13)14)12-5-15-9/h1-5,8-9H,(H,13,14)/t8-,9+/m0/s1. The summed E-state index contributed by atoms with van der Waals surface area (Å²) in [5.41, 5.74) is 0.598. The number of hydrogen-bond acceptors (Lipinski definition) is 3. The molecule has 0 aliphatic carbocycles. The predicted octanol–water partition coefficient (Wildman–Crippen LogP) is 1.38. The van der Waals surface area contributed by atoms with E-state index >= 15 is 0 Å². The van der Waals surface area contributed by atoms with Gasteiger partial charge in [0.15, 0.2) is 18.5 Å². The molecule has 0 saturated heterocycles. The lowest BCUT2D eigenvalue weighted by molar-refractivity contribution is -0.140. The van der Waals surface area contributed by atoms with Gasteiger partial charge in [0.1, 0.15) is 5.82 Å². The Labute approximate surface area is 85.0 Å². The van der Waals surface area contributed by atoms with Crippen molar-refractivity contribution in [2.24, 2.45) is 4.99 Å². The summed E-state index contributed by atoms with van der Waals surface area (Å²) in [7, 11) is 0. The smallest absolute Gasteiger partial charge is 0.332 e. The first-order valence-corrected chi connectivity index (χ1v) is 4.34. The number of rotatable bonds is 2. The zero-order chi connectivity index (χ0) is 10.8. The number of ether oxygens (including phenoxy) is 1. The average molecular weight is 209 g/mol. The quantitative estimate of drug-likeness (QED) is 0.800. The summed E-state index contributed by atoms with van der Waals surface area (Å²) >= 11 is 0. The first kappa shape index (κ1) is 9.64. The normalized spacial score (nSPS) is 23.8. The molecular formula is C10H8FNO3. The van der Waals surface area contributed by atoms with Crippen molar-refractivity contribution < 1.29 is 19.0 Å². The van der Waals surface area contributed by atoms with Crippen molar-refractivity contribution in [1.29, 1.82) is 0 Å². The van der Waals surface area contributed by atoms with Gasteiger partial charge in [0.05, 0.1) is 0 Å². The Morgan fingerprint density at radius 3 is 2.67 bits per heavy atom. The molecule has 1 aromatic carbocycles. The Morgan fingerprint density at radius 1 is 1.40 bits per heavy atom. The van der Waals surface area contributed by atoms with Gasteiger partial charge >= 0.3 is 5.97 Å². The number of carboxylic acids is 1. The third kappa shape index (κ3) is 1.81. The molecular weight excluding hydrogens is 201 g/mol. The minimum Gasteiger partial charge on any atom is -0.480 e. The summed E-state index contributed by atoms with van der Waals surface area (Å²) in [5, 5.41) is 8.83. The molecule has 0 bridgehead atoms. The van der Waals surface area contributed by atoms with Gasteiger partial charge in [0.25, 0.3) is 0 Å². The van der Waals surface area contributed by atoms with Crippen LogP contribution in [0.25, 0.3) is 0 Å². The fourth-order valence-electron chi connectivity index (χ4n) is 1.43. The highest BCUT2D eigenvalue weighted by Gasteiger charge is 2.33. The van der Waals surface area contributed by atoms with Gasteiger partial charge in [-0.25, -0.2) is 14.2 Å². The van der Waals surface area contributed by atoms with Crippen LogP contribution in [0.4, 0.5) is 4.39 Å². The number of aliphatic carboxylic acids is 1. The van der Waals surface area contributed by atoms with Gasteiger partial charge in [0, 0.05) is 0 Å². The van der Waals surface area contributed by atoms with Gasteiger partial charge in [-0.3, -0.25) is 0 Å². The van der Waals surface area contributed by atoms with E-state index in [1.54, 1.807) is 0 Å². The van der Waals surface area contributed by atoms with Crippen molar-refractivity contribution in [2.45, 2.75) is 12.1 Å². The first-order valence-electron chi connectivity index (χ1n) is 4.34. The van der Waals surface area contributed by atoms with Gasteiger partial charge in [-0.15, -0.1) is 0 Å². The van der Waals surface area contributed by atoms with Crippen LogP contribution in [0.2, 0.25) is 0 Å². The molecule has 1 N–H and O–H groups in total. The summed E-state index contributed by atoms with van der Waals surface area (Å²) in [6.45, 7) is 0. The van der Waals surface area contributed by atoms with Crippen molar-refractivity contribution in [1.82, 2.24) is 0 Å². The van der Waals surface area contributed by atoms with Crippen LogP contribution < -0.4 is 0 Å². The molecule has 1 aliphatic rings. The third-order valence-electron chi connectivity index (χ3n) is 2.17. The molecule has 1 aliphatic heterocycles. The highest BCUT2D eigenvalue weighted by molar-refractivity contribution is 5.78. The zero-order valence-corrected chi connectivity index (χ0v) is 7.63. The maximum absolute atomic E-state index is 12.6. The predicted molar refractivity (Wildman–Crippen MR) is 50.1 cm³/mol. The summed E-state index contributed by atoms with van der Waals surface area (Å²) in [5.74, 6) is -1.43. The summed E-state index contributed by atoms with van der Waals surface area (Å²) < 4.78 is 17.7. The van der Waals surface area contributed by atoms with E-state index in [0.717, 1.165) is 6.40 Å². The highest BCUT2D eigenvalue weighted by Crippen LogP contribution is 2.26. The van der Waals surface area contributed by atoms with E-state index in [1.165, 1.54) is 24.3 Å². The average Bonchev–Trinajstić information content (AvgIpc) is 2.67. The minimum atomic E-state index is -1.06. The lowest BCUT2D eigenvalue weighted by Crippen LogP contribution is -2.23. The van der Waals surface area contributed by atoms with Gasteiger partial charge in [-0.1, -0.05) is 12.1 Å². The Morgan fingerprint density at radius 2 is 2.07 bits per heavy atom. The molecule has 2 atom stereocenters. The van der Waals surface area contributed by atoms with E-state index in [2.05, 4.69) is 4.99 Å². The van der Waals surface area contributed by atoms with Crippen molar-refractivity contribution >= 4 is 12.4 Å². The molecule has 2 rings (SSSR count). The van der Waals surface area contributed by atoms with Gasteiger partial charge in [-0.05, 0) is 17.7 Å².